The summed E-state index contributed by atoms with van der Waals surface area (Å²) < 4.78 is 0. The lowest BCUT2D eigenvalue weighted by molar-refractivity contribution is -0.131. The first-order valence-corrected chi connectivity index (χ1v) is 9.79. The quantitative estimate of drug-likeness (QED) is 0.881. The number of carbonyl (C=O) groups is 1. The van der Waals surface area contributed by atoms with Gasteiger partial charge < -0.3 is 15.1 Å². The van der Waals surface area contributed by atoms with E-state index in [0.717, 1.165) is 55.7 Å². The molecule has 2 fully saturated rings. The number of hydrogen-bond donors (Lipinski definition) is 1. The van der Waals surface area contributed by atoms with E-state index in [9.17, 15) is 4.79 Å². The van der Waals surface area contributed by atoms with E-state index < -0.39 is 0 Å². The molecule has 0 atom stereocenters. The first-order chi connectivity index (χ1) is 13.1. The van der Waals surface area contributed by atoms with Gasteiger partial charge in [-0.3, -0.25) is 4.79 Å². The van der Waals surface area contributed by atoms with Crippen LogP contribution < -0.4 is 10.2 Å². The lowest BCUT2D eigenvalue weighted by Crippen LogP contribution is -2.49. The Labute approximate surface area is 160 Å². The molecule has 0 bridgehead atoms. The first kappa shape index (κ1) is 17.8. The van der Waals surface area contributed by atoms with Gasteiger partial charge in [-0.05, 0) is 44.7 Å². The topological polar surface area (TPSA) is 61.4 Å². The SMILES string of the molecule is Cc1ccc(Nc2cc(N3CCN(C(=O)CC4CC4)CC3)nc(C)n2)cc1. The molecule has 1 N–H and O–H groups in total. The number of benzene rings is 1. The Morgan fingerprint density at radius 2 is 1.78 bits per heavy atom. The zero-order valence-electron chi connectivity index (χ0n) is 16.1. The molecule has 2 aliphatic rings. The van der Waals surface area contributed by atoms with E-state index in [1.54, 1.807) is 0 Å². The Balaban J connectivity index is 1.40. The highest BCUT2D eigenvalue weighted by Crippen LogP contribution is 2.33. The van der Waals surface area contributed by atoms with E-state index in [-0.39, 0.29) is 0 Å². The Morgan fingerprint density at radius 3 is 2.44 bits per heavy atom. The van der Waals surface area contributed by atoms with E-state index in [4.69, 9.17) is 0 Å². The predicted octanol–water partition coefficient (Wildman–Crippen LogP) is 3.29. The summed E-state index contributed by atoms with van der Waals surface area (Å²) in [7, 11) is 0. The van der Waals surface area contributed by atoms with E-state index in [2.05, 4.69) is 51.4 Å². The lowest BCUT2D eigenvalue weighted by Gasteiger charge is -2.35. The third kappa shape index (κ3) is 4.56. The average molecular weight is 365 g/mol. The highest BCUT2D eigenvalue weighted by Gasteiger charge is 2.29. The van der Waals surface area contributed by atoms with Crippen molar-refractivity contribution in [3.05, 3.63) is 41.7 Å². The van der Waals surface area contributed by atoms with E-state index >= 15 is 0 Å². The number of aromatic nitrogens is 2. The Morgan fingerprint density at radius 1 is 1.07 bits per heavy atom. The summed E-state index contributed by atoms with van der Waals surface area (Å²) in [4.78, 5) is 25.7. The van der Waals surface area contributed by atoms with Gasteiger partial charge in [0.2, 0.25) is 5.91 Å². The number of nitrogens with one attached hydrogen (secondary N) is 1. The first-order valence-electron chi connectivity index (χ1n) is 9.79. The van der Waals surface area contributed by atoms with Crippen molar-refractivity contribution in [2.75, 3.05) is 36.4 Å². The van der Waals surface area contributed by atoms with Crippen LogP contribution in [0.5, 0.6) is 0 Å². The van der Waals surface area contributed by atoms with Gasteiger partial charge in [0.15, 0.2) is 0 Å². The van der Waals surface area contributed by atoms with Gasteiger partial charge in [-0.25, -0.2) is 9.97 Å². The van der Waals surface area contributed by atoms with Crippen molar-refractivity contribution in [2.45, 2.75) is 33.1 Å². The van der Waals surface area contributed by atoms with Crippen LogP contribution in [0.25, 0.3) is 0 Å². The molecular formula is C21H27N5O. The third-order valence-corrected chi connectivity index (χ3v) is 5.26. The van der Waals surface area contributed by atoms with Crippen LogP contribution in [0.3, 0.4) is 0 Å². The molecule has 1 saturated heterocycles. The van der Waals surface area contributed by atoms with Crippen LogP contribution in [0.1, 0.15) is 30.7 Å². The summed E-state index contributed by atoms with van der Waals surface area (Å²) in [6.45, 7) is 7.17. The molecule has 2 heterocycles. The molecular weight excluding hydrogens is 338 g/mol. The molecule has 0 spiro atoms. The molecule has 1 aliphatic heterocycles. The van der Waals surface area contributed by atoms with Crippen molar-refractivity contribution >= 4 is 23.2 Å². The van der Waals surface area contributed by atoms with Crippen LogP contribution in [0.15, 0.2) is 30.3 Å². The van der Waals surface area contributed by atoms with Crippen molar-refractivity contribution in [1.82, 2.24) is 14.9 Å². The normalized spacial score (nSPS) is 17.1. The zero-order chi connectivity index (χ0) is 18.8. The van der Waals surface area contributed by atoms with E-state index in [1.807, 2.05) is 17.9 Å². The minimum Gasteiger partial charge on any atom is -0.353 e. The molecule has 6 nitrogen and oxygen atoms in total. The standard InChI is InChI=1S/C21H27N5O/c1-15-3-7-18(8-4-15)24-19-14-20(23-16(2)22-19)25-9-11-26(12-10-25)21(27)13-17-5-6-17/h3-4,7-8,14,17H,5-6,9-13H2,1-2H3,(H,22,23,24). The van der Waals surface area contributed by atoms with Gasteiger partial charge in [-0.15, -0.1) is 0 Å². The highest BCUT2D eigenvalue weighted by atomic mass is 16.2. The number of amides is 1. The van der Waals surface area contributed by atoms with Crippen LogP contribution in [-0.4, -0.2) is 47.0 Å². The van der Waals surface area contributed by atoms with Crippen molar-refractivity contribution < 1.29 is 4.79 Å². The Hall–Kier alpha value is -2.63. The summed E-state index contributed by atoms with van der Waals surface area (Å²) in [5.41, 5.74) is 2.24. The molecule has 1 aliphatic carbocycles. The number of carbonyl (C=O) groups excluding carboxylic acids is 1. The maximum absolute atomic E-state index is 12.3. The molecule has 27 heavy (non-hydrogen) atoms. The third-order valence-electron chi connectivity index (χ3n) is 5.26. The van der Waals surface area contributed by atoms with Crippen LogP contribution in [0.2, 0.25) is 0 Å². The summed E-state index contributed by atoms with van der Waals surface area (Å²) in [5, 5.41) is 3.36. The number of nitrogens with zero attached hydrogens (tertiary/aromatic N) is 4. The summed E-state index contributed by atoms with van der Waals surface area (Å²) in [6.07, 6.45) is 3.18. The van der Waals surface area contributed by atoms with Crippen molar-refractivity contribution in [3.8, 4) is 0 Å². The number of rotatable bonds is 5. The van der Waals surface area contributed by atoms with Gasteiger partial charge in [-0.2, -0.15) is 0 Å². The molecule has 0 radical (unpaired) electrons. The Kier molecular flexibility index (Phi) is 4.97. The van der Waals surface area contributed by atoms with Crippen LogP contribution in [0.4, 0.5) is 17.3 Å². The number of anilines is 3. The van der Waals surface area contributed by atoms with Gasteiger partial charge >= 0.3 is 0 Å². The predicted molar refractivity (Wildman–Crippen MR) is 107 cm³/mol. The molecule has 0 unspecified atom stereocenters. The monoisotopic (exact) mass is 365 g/mol. The molecule has 1 aromatic heterocycles. The smallest absolute Gasteiger partial charge is 0.222 e. The van der Waals surface area contributed by atoms with E-state index in [1.165, 1.54) is 18.4 Å². The number of aryl methyl sites for hydroxylation is 2. The lowest BCUT2D eigenvalue weighted by atomic mass is 10.2. The fraction of sp³-hybridized carbons (Fsp3) is 0.476. The molecule has 142 valence electrons. The molecule has 1 aromatic carbocycles. The largest absolute Gasteiger partial charge is 0.353 e. The minimum absolute atomic E-state index is 0.317. The second kappa shape index (κ2) is 7.55. The maximum atomic E-state index is 12.3. The van der Waals surface area contributed by atoms with Crippen molar-refractivity contribution in [1.29, 1.82) is 0 Å². The fourth-order valence-electron chi connectivity index (χ4n) is 3.45. The average Bonchev–Trinajstić information content (AvgIpc) is 3.47. The molecule has 6 heteroatoms. The van der Waals surface area contributed by atoms with E-state index in [0.29, 0.717) is 11.8 Å². The van der Waals surface area contributed by atoms with Gasteiger partial charge in [-0.1, -0.05) is 17.7 Å². The highest BCUT2D eigenvalue weighted by molar-refractivity contribution is 5.77. The Bertz CT molecular complexity index is 808. The minimum atomic E-state index is 0.317. The van der Waals surface area contributed by atoms with Crippen molar-refractivity contribution in [2.24, 2.45) is 5.92 Å². The summed E-state index contributed by atoms with van der Waals surface area (Å²) in [6, 6.07) is 10.3. The number of piperazine rings is 1. The van der Waals surface area contributed by atoms with Crippen LogP contribution in [-0.2, 0) is 4.79 Å². The molecule has 2 aromatic rings. The zero-order valence-corrected chi connectivity index (χ0v) is 16.1. The maximum Gasteiger partial charge on any atom is 0.222 e. The molecule has 4 rings (SSSR count). The summed E-state index contributed by atoms with van der Waals surface area (Å²) in [5.74, 6) is 3.43. The molecule has 1 saturated carbocycles. The molecule has 1 amide bonds. The number of hydrogen-bond acceptors (Lipinski definition) is 5. The second-order valence-electron chi connectivity index (χ2n) is 7.66. The van der Waals surface area contributed by atoms with Gasteiger partial charge in [0.1, 0.15) is 17.5 Å². The van der Waals surface area contributed by atoms with Gasteiger partial charge in [0, 0.05) is 44.4 Å². The summed E-state index contributed by atoms with van der Waals surface area (Å²) >= 11 is 0. The fourth-order valence-corrected chi connectivity index (χ4v) is 3.45. The van der Waals surface area contributed by atoms with Gasteiger partial charge in [0.25, 0.3) is 0 Å². The van der Waals surface area contributed by atoms with Crippen LogP contribution in [0, 0.1) is 19.8 Å². The van der Waals surface area contributed by atoms with Gasteiger partial charge in [0.05, 0.1) is 0 Å². The van der Waals surface area contributed by atoms with Crippen LogP contribution >= 0.6 is 0 Å². The second-order valence-corrected chi connectivity index (χ2v) is 7.66. The van der Waals surface area contributed by atoms with Crippen molar-refractivity contribution in [3.63, 3.8) is 0 Å².